The molecule has 0 saturated heterocycles. The number of hydrogen-bond acceptors (Lipinski definition) is 2. The van der Waals surface area contributed by atoms with E-state index in [2.05, 4.69) is 28.2 Å². The third kappa shape index (κ3) is 5.95. The van der Waals surface area contributed by atoms with Crippen LogP contribution in [0.3, 0.4) is 0 Å². The number of para-hydroxylation sites is 1. The molecule has 1 rings (SSSR count). The molecule has 112 valence electrons. The number of nitrogens with one attached hydrogen (secondary N) is 1. The first-order valence-corrected chi connectivity index (χ1v) is 8.28. The topological polar surface area (TPSA) is 38.3 Å². The van der Waals surface area contributed by atoms with Gasteiger partial charge in [0.1, 0.15) is 5.75 Å². The van der Waals surface area contributed by atoms with Crippen LogP contribution in [-0.4, -0.2) is 24.9 Å². The van der Waals surface area contributed by atoms with Crippen LogP contribution in [0.4, 0.5) is 0 Å². The number of benzene rings is 1. The SMILES string of the molecule is CCCC(CCBr)CNC(=O)Cc1ccccc1OC. The fourth-order valence-electron chi connectivity index (χ4n) is 2.25. The molecule has 0 aliphatic heterocycles. The van der Waals surface area contributed by atoms with E-state index in [9.17, 15) is 4.79 Å². The first-order valence-electron chi connectivity index (χ1n) is 7.15. The number of amides is 1. The first kappa shape index (κ1) is 17.0. The van der Waals surface area contributed by atoms with Crippen LogP contribution in [0.25, 0.3) is 0 Å². The Morgan fingerprint density at radius 2 is 2.10 bits per heavy atom. The van der Waals surface area contributed by atoms with E-state index in [1.165, 1.54) is 0 Å². The fraction of sp³-hybridized carbons (Fsp3) is 0.562. The van der Waals surface area contributed by atoms with Crippen LogP contribution in [-0.2, 0) is 11.2 Å². The lowest BCUT2D eigenvalue weighted by atomic mass is 10.0. The average Bonchev–Trinajstić information content (AvgIpc) is 2.46. The standard InChI is InChI=1S/C16H24BrNO2/c1-3-6-13(9-10-17)12-18-16(19)11-14-7-4-5-8-15(14)20-2/h4-5,7-8,13H,3,6,9-12H2,1-2H3,(H,18,19). The van der Waals surface area contributed by atoms with Gasteiger partial charge >= 0.3 is 0 Å². The zero-order valence-electron chi connectivity index (χ0n) is 12.3. The Bertz CT molecular complexity index is 403. The van der Waals surface area contributed by atoms with Crippen LogP contribution in [0.5, 0.6) is 5.75 Å². The van der Waals surface area contributed by atoms with Gasteiger partial charge in [0, 0.05) is 17.4 Å². The quantitative estimate of drug-likeness (QED) is 0.697. The summed E-state index contributed by atoms with van der Waals surface area (Å²) in [4.78, 5) is 12.0. The molecule has 0 aromatic heterocycles. The molecule has 0 fully saturated rings. The van der Waals surface area contributed by atoms with Gasteiger partial charge in [0.15, 0.2) is 0 Å². The Morgan fingerprint density at radius 1 is 1.35 bits per heavy atom. The van der Waals surface area contributed by atoms with Gasteiger partial charge in [-0.1, -0.05) is 47.5 Å². The molecule has 0 aliphatic carbocycles. The zero-order valence-corrected chi connectivity index (χ0v) is 13.9. The Balaban J connectivity index is 2.46. The van der Waals surface area contributed by atoms with E-state index in [1.807, 2.05) is 24.3 Å². The summed E-state index contributed by atoms with van der Waals surface area (Å²) in [5.74, 6) is 1.39. The highest BCUT2D eigenvalue weighted by molar-refractivity contribution is 9.09. The summed E-state index contributed by atoms with van der Waals surface area (Å²) in [5.41, 5.74) is 0.931. The van der Waals surface area contributed by atoms with Gasteiger partial charge in [0.2, 0.25) is 5.91 Å². The third-order valence-corrected chi connectivity index (χ3v) is 3.80. The maximum atomic E-state index is 12.0. The number of carbonyl (C=O) groups is 1. The molecule has 0 bridgehead atoms. The number of methoxy groups -OCH3 is 1. The lowest BCUT2D eigenvalue weighted by Crippen LogP contribution is -2.30. The molecule has 1 unspecified atom stereocenters. The molecular formula is C16H24BrNO2. The Labute approximate surface area is 130 Å². The number of carbonyl (C=O) groups excluding carboxylic acids is 1. The highest BCUT2D eigenvalue weighted by Crippen LogP contribution is 2.18. The van der Waals surface area contributed by atoms with Crippen molar-refractivity contribution in [2.75, 3.05) is 19.0 Å². The van der Waals surface area contributed by atoms with Crippen LogP contribution in [0.2, 0.25) is 0 Å². The van der Waals surface area contributed by atoms with E-state index in [4.69, 9.17) is 4.74 Å². The van der Waals surface area contributed by atoms with Gasteiger partial charge in [-0.25, -0.2) is 0 Å². The summed E-state index contributed by atoms with van der Waals surface area (Å²) in [6.07, 6.45) is 3.78. The second kappa shape index (κ2) is 9.81. The predicted molar refractivity (Wildman–Crippen MR) is 86.5 cm³/mol. The van der Waals surface area contributed by atoms with Crippen molar-refractivity contribution in [1.82, 2.24) is 5.32 Å². The monoisotopic (exact) mass is 341 g/mol. The molecule has 1 amide bonds. The van der Waals surface area contributed by atoms with E-state index in [0.717, 1.165) is 42.5 Å². The molecule has 20 heavy (non-hydrogen) atoms. The molecule has 4 heteroatoms. The highest BCUT2D eigenvalue weighted by Gasteiger charge is 2.11. The van der Waals surface area contributed by atoms with Crippen molar-refractivity contribution in [3.05, 3.63) is 29.8 Å². The van der Waals surface area contributed by atoms with Crippen molar-refractivity contribution in [2.45, 2.75) is 32.6 Å². The number of rotatable bonds is 9. The molecule has 1 aromatic rings. The van der Waals surface area contributed by atoms with Crippen LogP contribution in [0, 0.1) is 5.92 Å². The maximum absolute atomic E-state index is 12.0. The molecule has 0 spiro atoms. The van der Waals surface area contributed by atoms with Gasteiger partial charge in [-0.3, -0.25) is 4.79 Å². The molecular weight excluding hydrogens is 318 g/mol. The summed E-state index contributed by atoms with van der Waals surface area (Å²) in [7, 11) is 1.63. The molecule has 1 atom stereocenters. The minimum Gasteiger partial charge on any atom is -0.496 e. The maximum Gasteiger partial charge on any atom is 0.224 e. The zero-order chi connectivity index (χ0) is 14.8. The van der Waals surface area contributed by atoms with Crippen molar-refractivity contribution in [3.8, 4) is 5.75 Å². The lowest BCUT2D eigenvalue weighted by molar-refractivity contribution is -0.120. The second-order valence-electron chi connectivity index (χ2n) is 4.93. The first-order chi connectivity index (χ1) is 9.71. The van der Waals surface area contributed by atoms with E-state index < -0.39 is 0 Å². The van der Waals surface area contributed by atoms with E-state index in [-0.39, 0.29) is 5.91 Å². The van der Waals surface area contributed by atoms with Crippen molar-refractivity contribution < 1.29 is 9.53 Å². The predicted octanol–water partition coefficient (Wildman–Crippen LogP) is 3.56. The normalized spacial score (nSPS) is 11.9. The summed E-state index contributed by atoms with van der Waals surface area (Å²) < 4.78 is 5.26. The second-order valence-corrected chi connectivity index (χ2v) is 5.72. The molecule has 0 heterocycles. The van der Waals surface area contributed by atoms with E-state index in [1.54, 1.807) is 7.11 Å². The van der Waals surface area contributed by atoms with Crippen LogP contribution in [0.15, 0.2) is 24.3 Å². The van der Waals surface area contributed by atoms with Crippen LogP contribution < -0.4 is 10.1 Å². The summed E-state index contributed by atoms with van der Waals surface area (Å²) in [6.45, 7) is 2.94. The number of halogens is 1. The Morgan fingerprint density at radius 3 is 2.75 bits per heavy atom. The average molecular weight is 342 g/mol. The molecule has 0 saturated carbocycles. The smallest absolute Gasteiger partial charge is 0.224 e. The molecule has 0 radical (unpaired) electrons. The van der Waals surface area contributed by atoms with Crippen LogP contribution in [0.1, 0.15) is 31.7 Å². The van der Waals surface area contributed by atoms with Gasteiger partial charge in [0.25, 0.3) is 0 Å². The van der Waals surface area contributed by atoms with Gasteiger partial charge in [-0.2, -0.15) is 0 Å². The molecule has 0 aliphatic rings. The third-order valence-electron chi connectivity index (χ3n) is 3.35. The molecule has 3 nitrogen and oxygen atoms in total. The van der Waals surface area contributed by atoms with Gasteiger partial charge in [-0.15, -0.1) is 0 Å². The van der Waals surface area contributed by atoms with Crippen molar-refractivity contribution in [1.29, 1.82) is 0 Å². The van der Waals surface area contributed by atoms with Gasteiger partial charge < -0.3 is 10.1 Å². The number of alkyl halides is 1. The van der Waals surface area contributed by atoms with E-state index >= 15 is 0 Å². The number of ether oxygens (including phenoxy) is 1. The van der Waals surface area contributed by atoms with Crippen LogP contribution >= 0.6 is 15.9 Å². The fourth-order valence-corrected chi connectivity index (χ4v) is 2.90. The number of hydrogen-bond donors (Lipinski definition) is 1. The van der Waals surface area contributed by atoms with Crippen molar-refractivity contribution in [3.63, 3.8) is 0 Å². The minimum atomic E-state index is 0.0603. The van der Waals surface area contributed by atoms with Gasteiger partial charge in [0.05, 0.1) is 13.5 Å². The Kier molecular flexibility index (Phi) is 8.35. The van der Waals surface area contributed by atoms with Gasteiger partial charge in [-0.05, 0) is 24.8 Å². The summed E-state index contributed by atoms with van der Waals surface area (Å²) >= 11 is 3.47. The Hall–Kier alpha value is -1.03. The van der Waals surface area contributed by atoms with Crippen molar-refractivity contribution in [2.24, 2.45) is 5.92 Å². The van der Waals surface area contributed by atoms with Crippen molar-refractivity contribution >= 4 is 21.8 Å². The van der Waals surface area contributed by atoms with E-state index in [0.29, 0.717) is 12.3 Å². The highest BCUT2D eigenvalue weighted by atomic mass is 79.9. The summed E-state index contributed by atoms with van der Waals surface area (Å²) in [5, 5.41) is 4.02. The lowest BCUT2D eigenvalue weighted by Gasteiger charge is -2.16. The summed E-state index contributed by atoms with van der Waals surface area (Å²) in [6, 6.07) is 7.65. The largest absolute Gasteiger partial charge is 0.496 e. The molecule has 1 N–H and O–H groups in total. The minimum absolute atomic E-state index is 0.0603. The molecule has 1 aromatic carbocycles.